The minimum atomic E-state index is -0.219. The number of carbonyl (C=O) groups excluding carboxylic acids is 2. The molecule has 1 aromatic heterocycles. The van der Waals surface area contributed by atoms with Crippen LogP contribution in [0.4, 0.5) is 5.69 Å². The zero-order valence-electron chi connectivity index (χ0n) is 15.3. The molecule has 1 heterocycles. The van der Waals surface area contributed by atoms with Crippen LogP contribution in [0.5, 0.6) is 0 Å². The minimum absolute atomic E-state index is 0.0124. The molecule has 0 radical (unpaired) electrons. The fraction of sp³-hybridized carbons (Fsp3) is 0.200. The maximum Gasteiger partial charge on any atom is 0.255 e. The van der Waals surface area contributed by atoms with Gasteiger partial charge in [0, 0.05) is 29.9 Å². The van der Waals surface area contributed by atoms with Crippen molar-refractivity contribution >= 4 is 17.5 Å². The first-order chi connectivity index (χ1) is 13.1. The summed E-state index contributed by atoms with van der Waals surface area (Å²) in [7, 11) is 0. The van der Waals surface area contributed by atoms with Gasteiger partial charge in [0.1, 0.15) is 12.7 Å². The summed E-state index contributed by atoms with van der Waals surface area (Å²) in [5, 5.41) is 6.89. The Hall–Kier alpha value is -3.48. The molecule has 3 rings (SSSR count). The van der Waals surface area contributed by atoms with Gasteiger partial charge in [-0.25, -0.2) is 9.67 Å². The number of hydrogen-bond acceptors (Lipinski definition) is 4. The highest BCUT2D eigenvalue weighted by Crippen LogP contribution is 2.14. The second-order valence-corrected chi connectivity index (χ2v) is 5.90. The zero-order chi connectivity index (χ0) is 19.2. The van der Waals surface area contributed by atoms with E-state index in [0.717, 1.165) is 5.69 Å². The third-order valence-corrected chi connectivity index (χ3v) is 4.25. The molecule has 0 bridgehead atoms. The van der Waals surface area contributed by atoms with E-state index in [9.17, 15) is 9.59 Å². The molecule has 2 amide bonds. The largest absolute Gasteiger partial charge is 0.339 e. The van der Waals surface area contributed by atoms with Crippen molar-refractivity contribution in [1.82, 2.24) is 19.7 Å². The summed E-state index contributed by atoms with van der Waals surface area (Å²) in [6, 6.07) is 14.0. The predicted molar refractivity (Wildman–Crippen MR) is 103 cm³/mol. The Bertz CT molecular complexity index is 899. The van der Waals surface area contributed by atoms with E-state index in [-0.39, 0.29) is 11.8 Å². The summed E-state index contributed by atoms with van der Waals surface area (Å²) in [6.45, 7) is 5.23. The number of carbonyl (C=O) groups is 2. The van der Waals surface area contributed by atoms with Crippen LogP contribution in [0.25, 0.3) is 5.69 Å². The smallest absolute Gasteiger partial charge is 0.255 e. The summed E-state index contributed by atoms with van der Waals surface area (Å²) >= 11 is 0. The number of rotatable bonds is 6. The Morgan fingerprint density at radius 2 is 1.59 bits per heavy atom. The predicted octanol–water partition coefficient (Wildman–Crippen LogP) is 3.00. The summed E-state index contributed by atoms with van der Waals surface area (Å²) in [5.74, 6) is -0.232. The molecule has 0 fully saturated rings. The van der Waals surface area contributed by atoms with Gasteiger partial charge in [-0.2, -0.15) is 5.10 Å². The quantitative estimate of drug-likeness (QED) is 0.730. The van der Waals surface area contributed by atoms with Crippen LogP contribution >= 0.6 is 0 Å². The lowest BCUT2D eigenvalue weighted by Gasteiger charge is -2.18. The molecule has 0 spiro atoms. The van der Waals surface area contributed by atoms with Crippen LogP contribution in [-0.4, -0.2) is 44.6 Å². The van der Waals surface area contributed by atoms with Gasteiger partial charge in [0.15, 0.2) is 0 Å². The molecule has 7 nitrogen and oxygen atoms in total. The number of hydrogen-bond donors (Lipinski definition) is 1. The number of nitrogens with one attached hydrogen (secondary N) is 1. The molecule has 0 aliphatic rings. The van der Waals surface area contributed by atoms with Gasteiger partial charge in [-0.15, -0.1) is 0 Å². The van der Waals surface area contributed by atoms with Crippen LogP contribution in [0, 0.1) is 0 Å². The number of anilines is 1. The average Bonchev–Trinajstić information content (AvgIpc) is 3.24. The molecule has 0 saturated heterocycles. The molecule has 1 N–H and O–H groups in total. The van der Waals surface area contributed by atoms with Gasteiger partial charge in [0.05, 0.1) is 5.69 Å². The average molecular weight is 363 g/mol. The van der Waals surface area contributed by atoms with Gasteiger partial charge in [-0.1, -0.05) is 0 Å². The van der Waals surface area contributed by atoms with Gasteiger partial charge >= 0.3 is 0 Å². The van der Waals surface area contributed by atoms with Crippen LogP contribution in [0.1, 0.15) is 34.6 Å². The topological polar surface area (TPSA) is 80.1 Å². The van der Waals surface area contributed by atoms with E-state index in [1.807, 2.05) is 13.8 Å². The summed E-state index contributed by atoms with van der Waals surface area (Å²) in [6.07, 6.45) is 3.05. The van der Waals surface area contributed by atoms with E-state index in [2.05, 4.69) is 15.4 Å². The van der Waals surface area contributed by atoms with Gasteiger partial charge in [-0.3, -0.25) is 9.59 Å². The third-order valence-electron chi connectivity index (χ3n) is 4.25. The van der Waals surface area contributed by atoms with E-state index >= 15 is 0 Å². The molecule has 0 atom stereocenters. The maximum absolute atomic E-state index is 12.4. The first-order valence-electron chi connectivity index (χ1n) is 8.78. The molecule has 27 heavy (non-hydrogen) atoms. The fourth-order valence-electron chi connectivity index (χ4n) is 2.70. The van der Waals surface area contributed by atoms with Gasteiger partial charge in [-0.05, 0) is 62.4 Å². The molecule has 0 saturated carbocycles. The highest BCUT2D eigenvalue weighted by molar-refractivity contribution is 6.04. The fourth-order valence-corrected chi connectivity index (χ4v) is 2.70. The Balaban J connectivity index is 1.66. The second kappa shape index (κ2) is 8.27. The van der Waals surface area contributed by atoms with Crippen LogP contribution in [-0.2, 0) is 0 Å². The van der Waals surface area contributed by atoms with E-state index in [4.69, 9.17) is 0 Å². The Morgan fingerprint density at radius 3 is 2.15 bits per heavy atom. The molecular formula is C20H21N5O2. The van der Waals surface area contributed by atoms with Crippen molar-refractivity contribution in [2.24, 2.45) is 0 Å². The SMILES string of the molecule is CCN(CC)C(=O)c1ccc(NC(=O)c2ccc(-n3cncn3)cc2)cc1. The van der Waals surface area contributed by atoms with Crippen molar-refractivity contribution in [3.63, 3.8) is 0 Å². The van der Waals surface area contributed by atoms with E-state index in [1.165, 1.54) is 6.33 Å². The lowest BCUT2D eigenvalue weighted by molar-refractivity contribution is 0.0773. The number of aromatic nitrogens is 3. The summed E-state index contributed by atoms with van der Waals surface area (Å²) in [4.78, 5) is 30.4. The standard InChI is InChI=1S/C20H21N5O2/c1-3-24(4-2)20(27)16-5-9-17(10-6-16)23-19(26)15-7-11-18(12-8-15)25-14-21-13-22-25/h5-14H,3-4H2,1-2H3,(H,23,26). The molecule has 7 heteroatoms. The van der Waals surface area contributed by atoms with Crippen LogP contribution < -0.4 is 5.32 Å². The molecular weight excluding hydrogens is 342 g/mol. The first kappa shape index (κ1) is 18.3. The minimum Gasteiger partial charge on any atom is -0.339 e. The highest BCUT2D eigenvalue weighted by Gasteiger charge is 2.12. The molecule has 0 unspecified atom stereocenters. The van der Waals surface area contributed by atoms with Crippen molar-refractivity contribution in [1.29, 1.82) is 0 Å². The number of amides is 2. The molecule has 0 aliphatic carbocycles. The first-order valence-corrected chi connectivity index (χ1v) is 8.78. The lowest BCUT2D eigenvalue weighted by Crippen LogP contribution is -2.30. The Morgan fingerprint density at radius 1 is 0.963 bits per heavy atom. The van der Waals surface area contributed by atoms with Crippen molar-refractivity contribution in [3.05, 3.63) is 72.3 Å². The zero-order valence-corrected chi connectivity index (χ0v) is 15.3. The van der Waals surface area contributed by atoms with Crippen molar-refractivity contribution in [2.45, 2.75) is 13.8 Å². The molecule has 0 aliphatic heterocycles. The highest BCUT2D eigenvalue weighted by atomic mass is 16.2. The van der Waals surface area contributed by atoms with E-state index < -0.39 is 0 Å². The number of benzene rings is 2. The summed E-state index contributed by atoms with van der Waals surface area (Å²) < 4.78 is 1.62. The number of nitrogens with zero attached hydrogens (tertiary/aromatic N) is 4. The van der Waals surface area contributed by atoms with E-state index in [1.54, 1.807) is 64.4 Å². The molecule has 138 valence electrons. The monoisotopic (exact) mass is 363 g/mol. The van der Waals surface area contributed by atoms with Gasteiger partial charge in [0.25, 0.3) is 11.8 Å². The second-order valence-electron chi connectivity index (χ2n) is 5.90. The molecule has 3 aromatic rings. The molecule has 2 aromatic carbocycles. The summed E-state index contributed by atoms with van der Waals surface area (Å²) in [5.41, 5.74) is 2.59. The third kappa shape index (κ3) is 4.20. The maximum atomic E-state index is 12.4. The Labute approximate surface area is 157 Å². The van der Waals surface area contributed by atoms with Crippen molar-refractivity contribution < 1.29 is 9.59 Å². The van der Waals surface area contributed by atoms with E-state index in [0.29, 0.717) is 29.9 Å². The normalized spacial score (nSPS) is 10.4. The van der Waals surface area contributed by atoms with Gasteiger partial charge < -0.3 is 10.2 Å². The van der Waals surface area contributed by atoms with Crippen LogP contribution in [0.3, 0.4) is 0 Å². The van der Waals surface area contributed by atoms with Gasteiger partial charge in [0.2, 0.25) is 0 Å². The van der Waals surface area contributed by atoms with Crippen LogP contribution in [0.2, 0.25) is 0 Å². The van der Waals surface area contributed by atoms with Crippen molar-refractivity contribution in [3.8, 4) is 5.69 Å². The lowest BCUT2D eigenvalue weighted by atomic mass is 10.1. The Kier molecular flexibility index (Phi) is 5.61. The van der Waals surface area contributed by atoms with Crippen LogP contribution in [0.15, 0.2) is 61.2 Å². The van der Waals surface area contributed by atoms with Crippen molar-refractivity contribution in [2.75, 3.05) is 18.4 Å².